The van der Waals surface area contributed by atoms with Crippen molar-refractivity contribution in [2.75, 3.05) is 6.54 Å². The van der Waals surface area contributed by atoms with E-state index < -0.39 is 21.4 Å². The monoisotopic (exact) mass is 296 g/mol. The predicted molar refractivity (Wildman–Crippen MR) is 72.9 cm³/mol. The van der Waals surface area contributed by atoms with Gasteiger partial charge in [-0.2, -0.15) is 9.57 Å². The zero-order valence-electron chi connectivity index (χ0n) is 11.3. The molecule has 0 radical (unpaired) electrons. The smallest absolute Gasteiger partial charge is 0.207 e. The Kier molecular flexibility index (Phi) is 4.41. The summed E-state index contributed by atoms with van der Waals surface area (Å²) in [6.07, 6.45) is 3.66. The molecule has 0 heterocycles. The van der Waals surface area contributed by atoms with Crippen LogP contribution in [0.5, 0.6) is 0 Å². The number of hydrogen-bond donors (Lipinski definition) is 0. The first-order valence-electron chi connectivity index (χ1n) is 6.72. The van der Waals surface area contributed by atoms with E-state index in [1.165, 1.54) is 16.4 Å². The molecule has 0 saturated heterocycles. The Morgan fingerprint density at radius 1 is 1.40 bits per heavy atom. The van der Waals surface area contributed by atoms with Crippen molar-refractivity contribution in [1.29, 1.82) is 5.26 Å². The average Bonchev–Trinajstić information content (AvgIpc) is 2.92. The summed E-state index contributed by atoms with van der Waals surface area (Å²) in [7, 11) is -3.83. The van der Waals surface area contributed by atoms with E-state index in [9.17, 15) is 12.8 Å². The lowest BCUT2D eigenvalue weighted by molar-refractivity contribution is 0.335. The molecule has 4 nitrogen and oxygen atoms in total. The van der Waals surface area contributed by atoms with Gasteiger partial charge in [-0.1, -0.05) is 25.8 Å². The summed E-state index contributed by atoms with van der Waals surface area (Å²) in [5.41, 5.74) is -0.399. The molecule has 0 atom stereocenters. The highest BCUT2D eigenvalue weighted by Crippen LogP contribution is 2.30. The summed E-state index contributed by atoms with van der Waals surface area (Å²) < 4.78 is 40.4. The van der Waals surface area contributed by atoms with Crippen LogP contribution in [0.4, 0.5) is 4.39 Å². The maximum Gasteiger partial charge on any atom is 0.244 e. The van der Waals surface area contributed by atoms with Gasteiger partial charge >= 0.3 is 0 Å². The molecule has 108 valence electrons. The first kappa shape index (κ1) is 14.9. The minimum absolute atomic E-state index is 0.0418. The van der Waals surface area contributed by atoms with Crippen molar-refractivity contribution in [1.82, 2.24) is 4.31 Å². The number of halogens is 1. The fourth-order valence-electron chi connectivity index (χ4n) is 2.77. The lowest BCUT2D eigenvalue weighted by Gasteiger charge is -2.27. The highest BCUT2D eigenvalue weighted by Gasteiger charge is 2.34. The third-order valence-electron chi connectivity index (χ3n) is 3.72. The second kappa shape index (κ2) is 5.90. The lowest BCUT2D eigenvalue weighted by Crippen LogP contribution is -2.39. The van der Waals surface area contributed by atoms with Crippen LogP contribution in [0.15, 0.2) is 23.1 Å². The van der Waals surface area contributed by atoms with Gasteiger partial charge in [0.1, 0.15) is 22.3 Å². The van der Waals surface area contributed by atoms with Crippen LogP contribution in [0, 0.1) is 17.1 Å². The van der Waals surface area contributed by atoms with Crippen LogP contribution >= 0.6 is 0 Å². The van der Waals surface area contributed by atoms with Gasteiger partial charge in [0.25, 0.3) is 0 Å². The van der Waals surface area contributed by atoms with Gasteiger partial charge in [0, 0.05) is 12.6 Å². The summed E-state index contributed by atoms with van der Waals surface area (Å²) in [4.78, 5) is -0.228. The predicted octanol–water partition coefficient (Wildman–Crippen LogP) is 2.65. The molecule has 1 saturated carbocycles. The second-order valence-electron chi connectivity index (χ2n) is 4.87. The van der Waals surface area contributed by atoms with Gasteiger partial charge in [-0.15, -0.1) is 0 Å². The number of nitriles is 1. The largest absolute Gasteiger partial charge is 0.244 e. The Labute approximate surface area is 118 Å². The second-order valence-corrected chi connectivity index (χ2v) is 6.73. The van der Waals surface area contributed by atoms with Crippen molar-refractivity contribution in [3.63, 3.8) is 0 Å². The zero-order chi connectivity index (χ0) is 14.8. The van der Waals surface area contributed by atoms with E-state index in [0.29, 0.717) is 6.54 Å². The molecule has 6 heteroatoms. The highest BCUT2D eigenvalue weighted by atomic mass is 32.2. The van der Waals surface area contributed by atoms with E-state index in [1.54, 1.807) is 13.0 Å². The van der Waals surface area contributed by atoms with Gasteiger partial charge in [-0.05, 0) is 25.0 Å². The Hall–Kier alpha value is -1.45. The van der Waals surface area contributed by atoms with Crippen molar-refractivity contribution < 1.29 is 12.8 Å². The van der Waals surface area contributed by atoms with Gasteiger partial charge in [0.2, 0.25) is 10.0 Å². The van der Waals surface area contributed by atoms with E-state index in [1.807, 2.05) is 0 Å². The van der Waals surface area contributed by atoms with Crippen molar-refractivity contribution in [3.8, 4) is 6.07 Å². The van der Waals surface area contributed by atoms with Crippen molar-refractivity contribution in [2.45, 2.75) is 43.5 Å². The molecule has 1 fully saturated rings. The number of hydrogen-bond acceptors (Lipinski definition) is 3. The molecule has 0 aliphatic heterocycles. The zero-order valence-corrected chi connectivity index (χ0v) is 12.2. The Morgan fingerprint density at radius 2 is 2.05 bits per heavy atom. The summed E-state index contributed by atoms with van der Waals surface area (Å²) in [6, 6.07) is 5.34. The van der Waals surface area contributed by atoms with Crippen molar-refractivity contribution in [3.05, 3.63) is 29.6 Å². The first-order valence-corrected chi connectivity index (χ1v) is 8.16. The molecular weight excluding hydrogens is 279 g/mol. The fraction of sp³-hybridized carbons (Fsp3) is 0.500. The van der Waals surface area contributed by atoms with Gasteiger partial charge in [0.05, 0.1) is 0 Å². The van der Waals surface area contributed by atoms with Gasteiger partial charge in [0.15, 0.2) is 0 Å². The Balaban J connectivity index is 2.49. The number of sulfonamides is 1. The van der Waals surface area contributed by atoms with E-state index in [0.717, 1.165) is 31.7 Å². The Bertz CT molecular complexity index is 631. The van der Waals surface area contributed by atoms with E-state index in [4.69, 9.17) is 5.26 Å². The molecule has 0 aromatic heterocycles. The van der Waals surface area contributed by atoms with Crippen molar-refractivity contribution >= 4 is 10.0 Å². The summed E-state index contributed by atoms with van der Waals surface area (Å²) in [6.45, 7) is 2.09. The van der Waals surface area contributed by atoms with Crippen LogP contribution in [-0.4, -0.2) is 25.3 Å². The minimum atomic E-state index is -3.83. The first-order chi connectivity index (χ1) is 9.52. The molecule has 0 bridgehead atoms. The van der Waals surface area contributed by atoms with Crippen LogP contribution in [0.1, 0.15) is 38.2 Å². The number of rotatable bonds is 4. The van der Waals surface area contributed by atoms with E-state index in [-0.39, 0.29) is 10.9 Å². The van der Waals surface area contributed by atoms with Crippen LogP contribution in [-0.2, 0) is 10.0 Å². The Morgan fingerprint density at radius 3 is 2.60 bits per heavy atom. The normalized spacial score (nSPS) is 16.5. The van der Waals surface area contributed by atoms with Crippen molar-refractivity contribution in [2.24, 2.45) is 0 Å². The van der Waals surface area contributed by atoms with Gasteiger partial charge in [-0.3, -0.25) is 0 Å². The van der Waals surface area contributed by atoms with Gasteiger partial charge < -0.3 is 0 Å². The highest BCUT2D eigenvalue weighted by molar-refractivity contribution is 7.89. The maximum absolute atomic E-state index is 13.6. The SMILES string of the molecule is CCN(C1CCCC1)S(=O)(=O)c1cccc(F)c1C#N. The van der Waals surface area contributed by atoms with E-state index >= 15 is 0 Å². The third-order valence-corrected chi connectivity index (χ3v) is 5.79. The number of benzene rings is 1. The fourth-order valence-corrected chi connectivity index (χ4v) is 4.62. The van der Waals surface area contributed by atoms with Crippen LogP contribution < -0.4 is 0 Å². The lowest BCUT2D eigenvalue weighted by atomic mass is 10.2. The molecule has 0 amide bonds. The van der Waals surface area contributed by atoms with Crippen LogP contribution in [0.2, 0.25) is 0 Å². The molecular formula is C14H17FN2O2S. The summed E-state index contributed by atoms with van der Waals surface area (Å²) in [5, 5.41) is 9.01. The van der Waals surface area contributed by atoms with Crippen LogP contribution in [0.25, 0.3) is 0 Å². The molecule has 20 heavy (non-hydrogen) atoms. The number of nitrogens with zero attached hydrogens (tertiary/aromatic N) is 2. The molecule has 0 unspecified atom stereocenters. The molecule has 1 aromatic carbocycles. The minimum Gasteiger partial charge on any atom is -0.207 e. The van der Waals surface area contributed by atoms with Crippen LogP contribution in [0.3, 0.4) is 0 Å². The average molecular weight is 296 g/mol. The van der Waals surface area contributed by atoms with Gasteiger partial charge in [-0.25, -0.2) is 12.8 Å². The summed E-state index contributed by atoms with van der Waals surface area (Å²) in [5.74, 6) is -0.795. The molecule has 2 rings (SSSR count). The maximum atomic E-state index is 13.6. The van der Waals surface area contributed by atoms with E-state index in [2.05, 4.69) is 0 Å². The summed E-state index contributed by atoms with van der Waals surface area (Å²) >= 11 is 0. The quantitative estimate of drug-likeness (QED) is 0.858. The molecule has 0 N–H and O–H groups in total. The molecule has 1 aliphatic carbocycles. The standard InChI is InChI=1S/C14H17FN2O2S/c1-2-17(11-6-3-4-7-11)20(18,19)14-9-5-8-13(15)12(14)10-16/h5,8-9,11H,2-4,6-7H2,1H3. The molecule has 1 aliphatic rings. The molecule has 1 aromatic rings. The topological polar surface area (TPSA) is 61.2 Å². The molecule has 0 spiro atoms. The third kappa shape index (κ3) is 2.56.